The first kappa shape index (κ1) is 42.1. The molecule has 0 spiro atoms. The molecule has 0 amide bonds. The lowest BCUT2D eigenvalue weighted by molar-refractivity contribution is -0.137. The first-order valence-corrected chi connectivity index (χ1v) is 24.0. The molecule has 0 radical (unpaired) electrons. The number of fused-ring (bicyclic) bond motifs is 12. The summed E-state index contributed by atoms with van der Waals surface area (Å²) in [6.07, 6.45) is -5.05. The predicted octanol–water partition coefficient (Wildman–Crippen LogP) is 16.8. The highest BCUT2D eigenvalue weighted by Crippen LogP contribution is 2.52. The first-order valence-electron chi connectivity index (χ1n) is 24.0. The third-order valence-electron chi connectivity index (χ3n) is 14.9. The van der Waals surface area contributed by atoms with Gasteiger partial charge in [0.15, 0.2) is 0 Å². The molecule has 0 aliphatic rings. The van der Waals surface area contributed by atoms with E-state index in [1.807, 2.05) is 214 Å². The van der Waals surface area contributed by atoms with Gasteiger partial charge in [-0.25, -0.2) is 0 Å². The highest BCUT2D eigenvalue weighted by atomic mass is 19.4. The molecule has 0 aliphatic carbocycles. The molecule has 4 heterocycles. The van der Waals surface area contributed by atoms with Crippen LogP contribution < -0.4 is 0 Å². The van der Waals surface area contributed by atoms with Crippen LogP contribution in [0.25, 0.3) is 121 Å². The summed E-state index contributed by atoms with van der Waals surface area (Å²) >= 11 is 0. The molecule has 0 fully saturated rings. The Kier molecular flexibility index (Phi) is 8.98. The van der Waals surface area contributed by atoms with Gasteiger partial charge in [0.1, 0.15) is 12.1 Å². The zero-order valence-corrected chi connectivity index (χ0v) is 38.9. The van der Waals surface area contributed by atoms with Crippen LogP contribution in [-0.2, 0) is 6.18 Å². The molecule has 6 nitrogen and oxygen atoms in total. The molecule has 0 N–H and O–H groups in total. The van der Waals surface area contributed by atoms with E-state index in [1.54, 1.807) is 17.6 Å². The maximum atomic E-state index is 17.4. The largest absolute Gasteiger partial charge is 0.419 e. The number of para-hydroxylation sites is 8. The fourth-order valence-corrected chi connectivity index (χ4v) is 12.0. The Bertz CT molecular complexity index is 4410. The third-order valence-corrected chi connectivity index (χ3v) is 14.9. The van der Waals surface area contributed by atoms with Gasteiger partial charge in [0.25, 0.3) is 0 Å². The number of nitriles is 2. The van der Waals surface area contributed by atoms with Crippen molar-refractivity contribution >= 4 is 87.2 Å². The van der Waals surface area contributed by atoms with Gasteiger partial charge in [-0.1, -0.05) is 146 Å². The highest BCUT2D eigenvalue weighted by molar-refractivity contribution is 6.14. The van der Waals surface area contributed by atoms with Crippen molar-refractivity contribution in [2.24, 2.45) is 0 Å². The number of halogens is 3. The van der Waals surface area contributed by atoms with Crippen LogP contribution in [0.4, 0.5) is 13.2 Å². The normalized spacial score (nSPS) is 12.1. The van der Waals surface area contributed by atoms with Crippen LogP contribution in [0.15, 0.2) is 206 Å². The van der Waals surface area contributed by atoms with Crippen molar-refractivity contribution < 1.29 is 13.2 Å². The number of aromatic nitrogens is 4. The average molecular weight is 947 g/mol. The first-order chi connectivity index (χ1) is 35.8. The molecule has 4 aromatic heterocycles. The van der Waals surface area contributed by atoms with Crippen molar-refractivity contribution in [2.75, 3.05) is 0 Å². The zero-order valence-electron chi connectivity index (χ0n) is 38.9. The Morgan fingerprint density at radius 2 is 0.562 bits per heavy atom. The van der Waals surface area contributed by atoms with Crippen LogP contribution >= 0.6 is 0 Å². The minimum Gasteiger partial charge on any atom is -0.309 e. The molecule has 0 unspecified atom stereocenters. The van der Waals surface area contributed by atoms with Crippen molar-refractivity contribution in [1.29, 1.82) is 10.5 Å². The fourth-order valence-electron chi connectivity index (χ4n) is 12.0. The van der Waals surface area contributed by atoms with Gasteiger partial charge in [-0.15, -0.1) is 0 Å². The Morgan fingerprint density at radius 3 is 0.822 bits per heavy atom. The van der Waals surface area contributed by atoms with E-state index in [4.69, 9.17) is 0 Å². The number of alkyl halides is 3. The molecule has 0 atom stereocenters. The minimum atomic E-state index is -5.05. The van der Waals surface area contributed by atoms with E-state index >= 15 is 13.2 Å². The van der Waals surface area contributed by atoms with Gasteiger partial charge in [-0.05, 0) is 73.2 Å². The van der Waals surface area contributed by atoms with Gasteiger partial charge in [0.05, 0.1) is 83.6 Å². The van der Waals surface area contributed by atoms with Gasteiger partial charge < -0.3 is 18.3 Å². The molecule has 344 valence electrons. The molecule has 9 heteroatoms. The van der Waals surface area contributed by atoms with Crippen LogP contribution in [0, 0.1) is 29.6 Å². The van der Waals surface area contributed by atoms with Crippen molar-refractivity contribution in [1.82, 2.24) is 18.3 Å². The van der Waals surface area contributed by atoms with Crippen molar-refractivity contribution in [3.05, 3.63) is 229 Å². The van der Waals surface area contributed by atoms with Crippen LogP contribution in [-0.4, -0.2) is 18.3 Å². The van der Waals surface area contributed by atoms with Crippen LogP contribution in [0.2, 0.25) is 0 Å². The molecule has 73 heavy (non-hydrogen) atoms. The summed E-state index contributed by atoms with van der Waals surface area (Å²) in [7, 11) is 0. The van der Waals surface area contributed by atoms with E-state index in [-0.39, 0.29) is 33.5 Å². The fraction of sp³-hybridized carbons (Fsp3) is 0.0312. The molecule has 0 bridgehead atoms. The van der Waals surface area contributed by atoms with Gasteiger partial charge >= 0.3 is 6.18 Å². The maximum Gasteiger partial charge on any atom is 0.419 e. The maximum absolute atomic E-state index is 17.4. The summed E-state index contributed by atoms with van der Waals surface area (Å²) in [6.45, 7) is 1.70. The number of hydrogen-bond donors (Lipinski definition) is 0. The summed E-state index contributed by atoms with van der Waals surface area (Å²) in [6, 6.07) is 70.6. The van der Waals surface area contributed by atoms with Gasteiger partial charge in [0, 0.05) is 54.2 Å². The summed E-state index contributed by atoms with van der Waals surface area (Å²) in [5, 5.41) is 31.0. The molecule has 0 aliphatic heterocycles. The number of hydrogen-bond acceptors (Lipinski definition) is 2. The Hall–Kier alpha value is -9.83. The number of rotatable bonds is 5. The molecule has 0 saturated carbocycles. The van der Waals surface area contributed by atoms with E-state index in [9.17, 15) is 10.5 Å². The van der Waals surface area contributed by atoms with E-state index < -0.39 is 11.7 Å². The third kappa shape index (κ3) is 5.85. The minimum absolute atomic E-state index is 0.0753. The quantitative estimate of drug-likeness (QED) is 0.172. The van der Waals surface area contributed by atoms with E-state index in [0.29, 0.717) is 28.1 Å². The Morgan fingerprint density at radius 1 is 0.329 bits per heavy atom. The van der Waals surface area contributed by atoms with Gasteiger partial charge in [0.2, 0.25) is 0 Å². The van der Waals surface area contributed by atoms with Crippen molar-refractivity contribution in [3.63, 3.8) is 0 Å². The Balaban J connectivity index is 1.26. The topological polar surface area (TPSA) is 67.3 Å². The SMILES string of the molecule is Cc1c(-n2c3ccccc3c3ccccc32)cc(-n2c3ccccc3c3ccccc32)c(C(F)(F)F)c1-c1c(C#N)c(-n2c3ccccc3c3ccccc32)cc(-n2c3ccccc3c3ccccc32)c1C#N. The molecular weight excluding hydrogens is 910 g/mol. The zero-order chi connectivity index (χ0) is 49.3. The number of nitrogens with zero attached hydrogens (tertiary/aromatic N) is 6. The lowest BCUT2D eigenvalue weighted by atomic mass is 9.84. The second-order valence-corrected chi connectivity index (χ2v) is 18.5. The molecule has 14 aromatic rings. The average Bonchev–Trinajstić information content (AvgIpc) is 4.15. The molecule has 10 aromatic carbocycles. The summed E-state index contributed by atoms with van der Waals surface area (Å²) in [5.41, 5.74) is 5.46. The second kappa shape index (κ2) is 15.6. The monoisotopic (exact) mass is 946 g/mol. The Labute approximate surface area is 415 Å². The smallest absolute Gasteiger partial charge is 0.309 e. The van der Waals surface area contributed by atoms with E-state index in [0.717, 1.165) is 76.2 Å². The molecule has 0 saturated heterocycles. The van der Waals surface area contributed by atoms with Crippen molar-refractivity contribution in [3.8, 4) is 46.0 Å². The summed E-state index contributed by atoms with van der Waals surface area (Å²) < 4.78 is 59.9. The van der Waals surface area contributed by atoms with Crippen LogP contribution in [0.3, 0.4) is 0 Å². The van der Waals surface area contributed by atoms with E-state index in [1.165, 1.54) is 0 Å². The van der Waals surface area contributed by atoms with E-state index in [2.05, 4.69) is 12.1 Å². The summed E-state index contributed by atoms with van der Waals surface area (Å²) in [4.78, 5) is 0. The van der Waals surface area contributed by atoms with Crippen LogP contribution in [0.1, 0.15) is 22.3 Å². The lowest BCUT2D eigenvalue weighted by Crippen LogP contribution is -2.17. The van der Waals surface area contributed by atoms with Gasteiger partial charge in [-0.3, -0.25) is 0 Å². The molecule has 14 rings (SSSR count). The highest BCUT2D eigenvalue weighted by Gasteiger charge is 2.42. The predicted molar refractivity (Wildman–Crippen MR) is 288 cm³/mol. The summed E-state index contributed by atoms with van der Waals surface area (Å²) in [5.74, 6) is 0. The second-order valence-electron chi connectivity index (χ2n) is 18.5. The standard InChI is InChI=1S/C64H37F3N6/c1-38-57(70-49-26-10-2-18-39(49)40-19-3-11-27-50(40)70)34-60(73-55-32-16-8-24-45(55)46-25-9-17-33-56(46)73)63(64(65,66)67)61(38)62-47(36-68)58(71-51-28-12-4-20-41(51)42-21-5-13-29-52(42)71)35-59(48(62)37-69)72-53-30-14-6-22-43(53)44-23-7-15-31-54(44)72/h2-35H,1H3. The van der Waals surface area contributed by atoms with Gasteiger partial charge in [-0.2, -0.15) is 23.7 Å². The van der Waals surface area contributed by atoms with Crippen molar-refractivity contribution in [2.45, 2.75) is 13.1 Å². The molecular formula is C64H37F3N6. The lowest BCUT2D eigenvalue weighted by Gasteiger charge is -2.27. The van der Waals surface area contributed by atoms with Crippen LogP contribution in [0.5, 0.6) is 0 Å². The number of benzene rings is 10.